The molecular weight excluding hydrogens is 224 g/mol. The Morgan fingerprint density at radius 2 is 1.89 bits per heavy atom. The van der Waals surface area contributed by atoms with Crippen molar-refractivity contribution >= 4 is 5.91 Å². The first-order chi connectivity index (χ1) is 8.52. The number of unbranched alkanes of at least 4 members (excludes halogenated alkanes) is 1. The predicted octanol–water partition coefficient (Wildman–Crippen LogP) is 2.98. The number of carbonyl (C=O) groups excluding carboxylic acids is 1. The first-order valence-corrected chi connectivity index (χ1v) is 7.57. The topological polar surface area (TPSA) is 55.1 Å². The summed E-state index contributed by atoms with van der Waals surface area (Å²) in [6.45, 7) is 5.28. The fourth-order valence-corrected chi connectivity index (χ4v) is 2.72. The zero-order chi connectivity index (χ0) is 13.4. The zero-order valence-electron chi connectivity index (χ0n) is 12.1. The Hall–Kier alpha value is -0.570. The van der Waals surface area contributed by atoms with Crippen molar-refractivity contribution in [2.75, 3.05) is 6.54 Å². The summed E-state index contributed by atoms with van der Waals surface area (Å²) in [5.41, 5.74) is 6.05. The summed E-state index contributed by atoms with van der Waals surface area (Å²) >= 11 is 0. The van der Waals surface area contributed by atoms with Crippen LogP contribution in [-0.2, 0) is 4.79 Å². The van der Waals surface area contributed by atoms with E-state index in [0.717, 1.165) is 31.7 Å². The van der Waals surface area contributed by atoms with Gasteiger partial charge in [0, 0.05) is 18.5 Å². The summed E-state index contributed by atoms with van der Waals surface area (Å²) in [7, 11) is 0. The third-order valence-corrected chi connectivity index (χ3v) is 3.89. The molecule has 0 aromatic rings. The van der Waals surface area contributed by atoms with Gasteiger partial charge in [-0.1, -0.05) is 46.0 Å². The van der Waals surface area contributed by atoms with Crippen LogP contribution in [-0.4, -0.2) is 18.0 Å². The molecule has 0 aromatic heterocycles. The summed E-state index contributed by atoms with van der Waals surface area (Å²) in [6, 6.07) is 0. The molecule has 1 saturated carbocycles. The Balaban J connectivity index is 2.09. The lowest BCUT2D eigenvalue weighted by Gasteiger charge is -2.32. The van der Waals surface area contributed by atoms with E-state index in [2.05, 4.69) is 19.2 Å². The SMILES string of the molecule is CC(C)CCCCNC(=O)CC1(N)CCCCC1. The highest BCUT2D eigenvalue weighted by atomic mass is 16.1. The molecule has 0 aromatic carbocycles. The van der Waals surface area contributed by atoms with Crippen molar-refractivity contribution in [1.82, 2.24) is 5.32 Å². The maximum atomic E-state index is 11.8. The van der Waals surface area contributed by atoms with Gasteiger partial charge in [0.15, 0.2) is 0 Å². The van der Waals surface area contributed by atoms with Crippen LogP contribution in [0.1, 0.15) is 71.6 Å². The molecule has 0 heterocycles. The summed E-state index contributed by atoms with van der Waals surface area (Å²) in [4.78, 5) is 11.8. The molecule has 1 amide bonds. The third-order valence-electron chi connectivity index (χ3n) is 3.89. The van der Waals surface area contributed by atoms with Gasteiger partial charge in [0.05, 0.1) is 0 Å². The van der Waals surface area contributed by atoms with Gasteiger partial charge in [0.25, 0.3) is 0 Å². The first kappa shape index (κ1) is 15.5. The van der Waals surface area contributed by atoms with Crippen molar-refractivity contribution in [3.05, 3.63) is 0 Å². The van der Waals surface area contributed by atoms with Crippen molar-refractivity contribution in [3.8, 4) is 0 Å². The molecule has 0 spiro atoms. The van der Waals surface area contributed by atoms with E-state index in [4.69, 9.17) is 5.73 Å². The van der Waals surface area contributed by atoms with E-state index in [-0.39, 0.29) is 11.4 Å². The van der Waals surface area contributed by atoms with Gasteiger partial charge in [0.2, 0.25) is 5.91 Å². The van der Waals surface area contributed by atoms with E-state index in [9.17, 15) is 4.79 Å². The second kappa shape index (κ2) is 7.78. The van der Waals surface area contributed by atoms with Crippen LogP contribution in [0.5, 0.6) is 0 Å². The summed E-state index contributed by atoms with van der Waals surface area (Å²) < 4.78 is 0. The minimum absolute atomic E-state index is 0.143. The van der Waals surface area contributed by atoms with Gasteiger partial charge in [0.1, 0.15) is 0 Å². The molecule has 3 nitrogen and oxygen atoms in total. The quantitative estimate of drug-likeness (QED) is 0.686. The molecule has 0 bridgehead atoms. The van der Waals surface area contributed by atoms with Crippen LogP contribution >= 0.6 is 0 Å². The molecule has 1 rings (SSSR count). The Morgan fingerprint density at radius 1 is 1.22 bits per heavy atom. The van der Waals surface area contributed by atoms with Gasteiger partial charge in [-0.25, -0.2) is 0 Å². The standard InChI is InChI=1S/C15H30N2O/c1-13(2)8-4-7-11-17-14(18)12-15(16)9-5-3-6-10-15/h13H,3-12,16H2,1-2H3,(H,17,18). The number of amides is 1. The highest BCUT2D eigenvalue weighted by molar-refractivity contribution is 5.77. The number of hydrogen-bond donors (Lipinski definition) is 2. The number of rotatable bonds is 7. The average molecular weight is 254 g/mol. The minimum Gasteiger partial charge on any atom is -0.356 e. The highest BCUT2D eigenvalue weighted by Gasteiger charge is 2.29. The minimum atomic E-state index is -0.222. The lowest BCUT2D eigenvalue weighted by atomic mass is 9.80. The van der Waals surface area contributed by atoms with Crippen molar-refractivity contribution in [3.63, 3.8) is 0 Å². The van der Waals surface area contributed by atoms with Crippen LogP contribution < -0.4 is 11.1 Å². The van der Waals surface area contributed by atoms with Crippen LogP contribution in [0.25, 0.3) is 0 Å². The second-order valence-corrected chi connectivity index (χ2v) is 6.34. The van der Waals surface area contributed by atoms with Crippen molar-refractivity contribution in [2.45, 2.75) is 77.2 Å². The summed E-state index contributed by atoms with van der Waals surface area (Å²) in [6.07, 6.45) is 9.69. The monoisotopic (exact) mass is 254 g/mol. The van der Waals surface area contributed by atoms with Gasteiger partial charge >= 0.3 is 0 Å². The summed E-state index contributed by atoms with van der Waals surface area (Å²) in [5, 5.41) is 3.01. The van der Waals surface area contributed by atoms with Gasteiger partial charge in [-0.05, 0) is 25.2 Å². The predicted molar refractivity (Wildman–Crippen MR) is 76.3 cm³/mol. The van der Waals surface area contributed by atoms with Crippen LogP contribution in [0.4, 0.5) is 0 Å². The van der Waals surface area contributed by atoms with E-state index in [1.807, 2.05) is 0 Å². The lowest BCUT2D eigenvalue weighted by Crippen LogP contribution is -2.46. The molecule has 106 valence electrons. The van der Waals surface area contributed by atoms with Crippen LogP contribution in [0.3, 0.4) is 0 Å². The van der Waals surface area contributed by atoms with Crippen LogP contribution in [0.2, 0.25) is 0 Å². The Kier molecular flexibility index (Phi) is 6.69. The largest absolute Gasteiger partial charge is 0.356 e. The fourth-order valence-electron chi connectivity index (χ4n) is 2.72. The molecule has 18 heavy (non-hydrogen) atoms. The highest BCUT2D eigenvalue weighted by Crippen LogP contribution is 2.28. The van der Waals surface area contributed by atoms with E-state index in [1.165, 1.54) is 32.1 Å². The third kappa shape index (κ3) is 6.39. The van der Waals surface area contributed by atoms with E-state index in [1.54, 1.807) is 0 Å². The Bertz CT molecular complexity index is 245. The van der Waals surface area contributed by atoms with Gasteiger partial charge in [-0.3, -0.25) is 4.79 Å². The number of nitrogens with one attached hydrogen (secondary N) is 1. The second-order valence-electron chi connectivity index (χ2n) is 6.34. The normalized spacial score (nSPS) is 18.9. The molecule has 3 N–H and O–H groups in total. The number of nitrogens with two attached hydrogens (primary N) is 1. The molecule has 0 radical (unpaired) electrons. The first-order valence-electron chi connectivity index (χ1n) is 7.57. The van der Waals surface area contributed by atoms with Crippen molar-refractivity contribution < 1.29 is 4.79 Å². The lowest BCUT2D eigenvalue weighted by molar-refractivity contribution is -0.122. The van der Waals surface area contributed by atoms with E-state index >= 15 is 0 Å². The van der Waals surface area contributed by atoms with Gasteiger partial charge in [-0.15, -0.1) is 0 Å². The smallest absolute Gasteiger partial charge is 0.221 e. The molecule has 3 heteroatoms. The van der Waals surface area contributed by atoms with E-state index in [0.29, 0.717) is 6.42 Å². The molecule has 0 atom stereocenters. The van der Waals surface area contributed by atoms with Crippen molar-refractivity contribution in [2.24, 2.45) is 11.7 Å². The van der Waals surface area contributed by atoms with Gasteiger partial charge < -0.3 is 11.1 Å². The zero-order valence-corrected chi connectivity index (χ0v) is 12.1. The molecule has 1 aliphatic carbocycles. The molecule has 0 aliphatic heterocycles. The Morgan fingerprint density at radius 3 is 2.50 bits per heavy atom. The van der Waals surface area contributed by atoms with Crippen LogP contribution in [0.15, 0.2) is 0 Å². The number of carbonyl (C=O) groups is 1. The molecule has 0 unspecified atom stereocenters. The molecular formula is C15H30N2O. The van der Waals surface area contributed by atoms with Crippen LogP contribution in [0, 0.1) is 5.92 Å². The average Bonchev–Trinajstić information content (AvgIpc) is 2.28. The maximum Gasteiger partial charge on any atom is 0.221 e. The maximum absolute atomic E-state index is 11.8. The molecule has 1 aliphatic rings. The van der Waals surface area contributed by atoms with E-state index < -0.39 is 0 Å². The number of hydrogen-bond acceptors (Lipinski definition) is 2. The van der Waals surface area contributed by atoms with Crippen molar-refractivity contribution in [1.29, 1.82) is 0 Å². The Labute approximate surface area is 112 Å². The summed E-state index contributed by atoms with van der Waals surface area (Å²) in [5.74, 6) is 0.902. The fraction of sp³-hybridized carbons (Fsp3) is 0.933. The molecule has 1 fully saturated rings. The van der Waals surface area contributed by atoms with Gasteiger partial charge in [-0.2, -0.15) is 0 Å². The molecule has 0 saturated heterocycles.